The minimum absolute atomic E-state index is 0.160. The second kappa shape index (κ2) is 5.89. The maximum atomic E-state index is 8.53. The van der Waals surface area contributed by atoms with E-state index in [-0.39, 0.29) is 17.6 Å². The number of nitrogens with one attached hydrogen (secondary N) is 3. The molecule has 0 aliphatic rings. The fraction of sp³-hybridized carbons (Fsp3) is 0.188. The molecule has 3 aromatic rings. The number of H-pyrrole nitrogens is 1. The average Bonchev–Trinajstić information content (AvgIpc) is 2.92. The van der Waals surface area contributed by atoms with E-state index in [1.165, 1.54) is 6.33 Å². The maximum absolute atomic E-state index is 8.53. The molecular weight excluding hydrogens is 312 g/mol. The van der Waals surface area contributed by atoms with Gasteiger partial charge >= 0.3 is 0 Å². The molecule has 0 bridgehead atoms. The van der Waals surface area contributed by atoms with Crippen LogP contribution in [0, 0.1) is 5.41 Å². The van der Waals surface area contributed by atoms with E-state index >= 15 is 0 Å². The van der Waals surface area contributed by atoms with Crippen molar-refractivity contribution in [3.8, 4) is 0 Å². The Morgan fingerprint density at radius 3 is 2.83 bits per heavy atom. The van der Waals surface area contributed by atoms with Gasteiger partial charge in [-0.05, 0) is 32.0 Å². The predicted octanol–water partition coefficient (Wildman–Crippen LogP) is 3.43. The van der Waals surface area contributed by atoms with E-state index in [9.17, 15) is 0 Å². The van der Waals surface area contributed by atoms with Crippen LogP contribution in [-0.4, -0.2) is 26.7 Å². The summed E-state index contributed by atoms with van der Waals surface area (Å²) in [5.41, 5.74) is 8.16. The molecule has 6 nitrogen and oxygen atoms in total. The fourth-order valence-corrected chi connectivity index (χ4v) is 2.65. The highest BCUT2D eigenvalue weighted by Crippen LogP contribution is 2.27. The molecular formula is C16H17ClN6. The first kappa shape index (κ1) is 15.3. The van der Waals surface area contributed by atoms with Crippen molar-refractivity contribution in [1.82, 2.24) is 15.0 Å². The number of halogens is 1. The zero-order chi connectivity index (χ0) is 16.6. The molecule has 118 valence electrons. The van der Waals surface area contributed by atoms with Crippen molar-refractivity contribution >= 4 is 39.9 Å². The zero-order valence-corrected chi connectivity index (χ0v) is 13.6. The van der Waals surface area contributed by atoms with Gasteiger partial charge in [-0.1, -0.05) is 17.7 Å². The lowest BCUT2D eigenvalue weighted by Gasteiger charge is -2.14. The molecule has 0 saturated carbocycles. The van der Waals surface area contributed by atoms with Crippen molar-refractivity contribution in [2.24, 2.45) is 0 Å². The van der Waals surface area contributed by atoms with Gasteiger partial charge in [0.1, 0.15) is 18.0 Å². The van der Waals surface area contributed by atoms with Gasteiger partial charge in [-0.2, -0.15) is 0 Å². The Balaban J connectivity index is 2.10. The number of nitrogens with zero attached hydrogens (tertiary/aromatic N) is 2. The molecule has 0 saturated heterocycles. The van der Waals surface area contributed by atoms with Crippen LogP contribution in [0.1, 0.15) is 25.1 Å². The monoisotopic (exact) mass is 328 g/mol. The molecule has 0 atom stereocenters. The van der Waals surface area contributed by atoms with Gasteiger partial charge < -0.3 is 16.0 Å². The Bertz CT molecular complexity index is 883. The average molecular weight is 329 g/mol. The first-order valence-electron chi connectivity index (χ1n) is 7.21. The number of nitrogen functional groups attached to an aromatic ring is 1. The minimum atomic E-state index is 0.160. The number of hydrogen-bond donors (Lipinski definition) is 4. The number of nitrogens with two attached hydrogens (primary N) is 1. The molecule has 2 aromatic heterocycles. The third-order valence-electron chi connectivity index (χ3n) is 3.43. The number of benzene rings is 1. The second-order valence-electron chi connectivity index (χ2n) is 5.54. The summed E-state index contributed by atoms with van der Waals surface area (Å²) in [5, 5.41) is 13.2. The molecule has 0 amide bonds. The molecule has 0 unspecified atom stereocenters. The van der Waals surface area contributed by atoms with E-state index in [2.05, 4.69) is 20.3 Å². The highest BCUT2D eigenvalue weighted by atomic mass is 35.5. The number of aromatic amines is 1. The summed E-state index contributed by atoms with van der Waals surface area (Å²) in [6, 6.07) is 7.59. The second-order valence-corrected chi connectivity index (χ2v) is 5.95. The largest absolute Gasteiger partial charge is 0.383 e. The Hall–Kier alpha value is -2.60. The van der Waals surface area contributed by atoms with Crippen molar-refractivity contribution in [3.05, 3.63) is 46.9 Å². The van der Waals surface area contributed by atoms with Crippen molar-refractivity contribution in [3.63, 3.8) is 0 Å². The lowest BCUT2D eigenvalue weighted by atomic mass is 10.1. The Morgan fingerprint density at radius 2 is 2.13 bits per heavy atom. The quantitative estimate of drug-likeness (QED) is 0.551. The molecule has 2 heterocycles. The van der Waals surface area contributed by atoms with Crippen LogP contribution >= 0.6 is 11.6 Å². The predicted molar refractivity (Wildman–Crippen MR) is 94.4 cm³/mol. The Labute approximate surface area is 138 Å². The van der Waals surface area contributed by atoms with Crippen LogP contribution in [0.3, 0.4) is 0 Å². The number of rotatable bonds is 4. The van der Waals surface area contributed by atoms with Gasteiger partial charge in [0.05, 0.1) is 17.0 Å². The molecule has 0 aliphatic carbocycles. The molecule has 0 radical (unpaired) electrons. The normalized spacial score (nSPS) is 11.1. The van der Waals surface area contributed by atoms with E-state index in [1.54, 1.807) is 0 Å². The smallest absolute Gasteiger partial charge is 0.141 e. The van der Waals surface area contributed by atoms with Crippen LogP contribution in [-0.2, 0) is 0 Å². The van der Waals surface area contributed by atoms with Crippen molar-refractivity contribution in [2.75, 3.05) is 11.1 Å². The van der Waals surface area contributed by atoms with Crippen LogP contribution in [0.5, 0.6) is 0 Å². The third-order valence-corrected chi connectivity index (χ3v) is 3.76. The van der Waals surface area contributed by atoms with E-state index in [0.29, 0.717) is 22.1 Å². The van der Waals surface area contributed by atoms with Gasteiger partial charge in [-0.15, -0.1) is 0 Å². The summed E-state index contributed by atoms with van der Waals surface area (Å²) >= 11 is 6.20. The van der Waals surface area contributed by atoms with Crippen LogP contribution in [0.15, 0.2) is 30.6 Å². The summed E-state index contributed by atoms with van der Waals surface area (Å²) in [7, 11) is 0. The summed E-state index contributed by atoms with van der Waals surface area (Å²) < 4.78 is 0. The van der Waals surface area contributed by atoms with Crippen molar-refractivity contribution in [1.29, 1.82) is 5.41 Å². The van der Waals surface area contributed by atoms with Gasteiger partial charge in [0.15, 0.2) is 0 Å². The fourth-order valence-electron chi connectivity index (χ4n) is 2.42. The summed E-state index contributed by atoms with van der Waals surface area (Å²) in [4.78, 5) is 11.4. The highest BCUT2D eigenvalue weighted by molar-refractivity contribution is 6.35. The number of aromatic nitrogens is 3. The minimum Gasteiger partial charge on any atom is -0.383 e. The number of hydrogen-bond acceptors (Lipinski definition) is 5. The van der Waals surface area contributed by atoms with Gasteiger partial charge in [0.2, 0.25) is 0 Å². The highest BCUT2D eigenvalue weighted by Gasteiger charge is 2.18. The Morgan fingerprint density at radius 1 is 1.35 bits per heavy atom. The molecule has 23 heavy (non-hydrogen) atoms. The van der Waals surface area contributed by atoms with Gasteiger partial charge in [0.25, 0.3) is 0 Å². The maximum Gasteiger partial charge on any atom is 0.141 e. The van der Waals surface area contributed by atoms with Gasteiger partial charge in [-0.25, -0.2) is 9.97 Å². The standard InChI is InChI=1S/C16H17ClN6/c1-8(2)22-16-13(15(19)20-7-21-16)14(18)12-6-9-10(17)4-3-5-11(9)23-12/h3-8,18,23H,1-2H3,(H3,19,20,21,22). The van der Waals surface area contributed by atoms with Gasteiger partial charge in [0, 0.05) is 22.0 Å². The van der Waals surface area contributed by atoms with Crippen LogP contribution in [0.25, 0.3) is 10.9 Å². The lowest BCUT2D eigenvalue weighted by Crippen LogP contribution is -2.18. The number of fused-ring (bicyclic) bond motifs is 1. The van der Waals surface area contributed by atoms with E-state index in [1.807, 2.05) is 38.1 Å². The first-order chi connectivity index (χ1) is 11.0. The molecule has 7 heteroatoms. The molecule has 3 rings (SSSR count). The molecule has 0 aliphatic heterocycles. The van der Waals surface area contributed by atoms with Gasteiger partial charge in [-0.3, -0.25) is 5.41 Å². The topological polar surface area (TPSA) is 103 Å². The summed E-state index contributed by atoms with van der Waals surface area (Å²) in [6.45, 7) is 3.99. The molecule has 0 fully saturated rings. The first-order valence-corrected chi connectivity index (χ1v) is 7.58. The summed E-state index contributed by atoms with van der Waals surface area (Å²) in [6.07, 6.45) is 1.39. The van der Waals surface area contributed by atoms with Crippen molar-refractivity contribution < 1.29 is 0 Å². The van der Waals surface area contributed by atoms with Crippen LogP contribution in [0.2, 0.25) is 5.02 Å². The molecule has 5 N–H and O–H groups in total. The zero-order valence-electron chi connectivity index (χ0n) is 12.8. The molecule has 1 aromatic carbocycles. The SMILES string of the molecule is CC(C)Nc1ncnc(N)c1C(=N)c1cc2c(Cl)cccc2[nH]1. The van der Waals surface area contributed by atoms with E-state index in [0.717, 1.165) is 10.9 Å². The van der Waals surface area contributed by atoms with E-state index < -0.39 is 0 Å². The van der Waals surface area contributed by atoms with Crippen molar-refractivity contribution in [2.45, 2.75) is 19.9 Å². The third kappa shape index (κ3) is 2.85. The summed E-state index contributed by atoms with van der Waals surface area (Å²) in [5.74, 6) is 0.806. The Kier molecular flexibility index (Phi) is 3.92. The van der Waals surface area contributed by atoms with E-state index in [4.69, 9.17) is 22.7 Å². The van der Waals surface area contributed by atoms with Crippen LogP contribution < -0.4 is 11.1 Å². The molecule has 0 spiro atoms. The lowest BCUT2D eigenvalue weighted by molar-refractivity contribution is 0.885. The number of anilines is 2. The van der Waals surface area contributed by atoms with Crippen LogP contribution in [0.4, 0.5) is 11.6 Å².